The molecule has 0 radical (unpaired) electrons. The van der Waals surface area contributed by atoms with Gasteiger partial charge in [-0.05, 0) is 68.5 Å². The fourth-order valence-corrected chi connectivity index (χ4v) is 5.90. The number of hydrogen-bond donors (Lipinski definition) is 1. The predicted molar refractivity (Wildman–Crippen MR) is 154 cm³/mol. The van der Waals surface area contributed by atoms with Gasteiger partial charge in [-0.2, -0.15) is 0 Å². The molecule has 2 aromatic rings. The van der Waals surface area contributed by atoms with E-state index in [0.717, 1.165) is 47.0 Å². The number of carbonyl (C=O) groups excluding carboxylic acids is 2. The van der Waals surface area contributed by atoms with Crippen LogP contribution in [0.4, 0.5) is 11.4 Å². The van der Waals surface area contributed by atoms with Crippen LogP contribution in [0.15, 0.2) is 71.1 Å². The molecule has 1 aliphatic carbocycles. The van der Waals surface area contributed by atoms with E-state index in [1.807, 2.05) is 34.9 Å². The van der Waals surface area contributed by atoms with Gasteiger partial charge in [0, 0.05) is 67.9 Å². The second-order valence-electron chi connectivity index (χ2n) is 11.1. The van der Waals surface area contributed by atoms with Crippen LogP contribution in [0.2, 0.25) is 0 Å². The molecule has 7 nitrogen and oxygen atoms in total. The van der Waals surface area contributed by atoms with E-state index in [4.69, 9.17) is 9.47 Å². The zero-order chi connectivity index (χ0) is 27.7. The van der Waals surface area contributed by atoms with Crippen LogP contribution in [0.25, 0.3) is 0 Å². The number of ether oxygens (including phenoxy) is 2. The van der Waals surface area contributed by atoms with Crippen molar-refractivity contribution < 1.29 is 19.1 Å². The largest absolute Gasteiger partial charge is 0.460 e. The van der Waals surface area contributed by atoms with Crippen LogP contribution in [0.3, 0.4) is 0 Å². The Kier molecular flexibility index (Phi) is 7.80. The van der Waals surface area contributed by atoms with Crippen molar-refractivity contribution in [2.75, 3.05) is 50.2 Å². The minimum absolute atomic E-state index is 0.0787. The second-order valence-corrected chi connectivity index (χ2v) is 11.1. The van der Waals surface area contributed by atoms with Gasteiger partial charge in [0.1, 0.15) is 0 Å². The lowest BCUT2D eigenvalue weighted by Crippen LogP contribution is -2.37. The summed E-state index contributed by atoms with van der Waals surface area (Å²) in [5.41, 5.74) is 7.20. The summed E-state index contributed by atoms with van der Waals surface area (Å²) in [6.07, 6.45) is 0.874. The summed E-state index contributed by atoms with van der Waals surface area (Å²) in [6.45, 7) is 8.73. The SMILES string of the molecule is CC1=C(C(=O)OC(C)C)C(c2ccc(N3CCOCC3)cc2)C2=C(CC(c3ccc(N(C)C)cc3)CC2=O)N1. The Labute approximate surface area is 231 Å². The number of Topliss-reactive ketones (excluding diaryl/α,β-unsaturated/α-hetero) is 1. The van der Waals surface area contributed by atoms with Crippen molar-refractivity contribution in [3.8, 4) is 0 Å². The van der Waals surface area contributed by atoms with E-state index >= 15 is 0 Å². The fourth-order valence-electron chi connectivity index (χ4n) is 5.90. The average Bonchev–Trinajstić information content (AvgIpc) is 2.92. The van der Waals surface area contributed by atoms with Crippen molar-refractivity contribution >= 4 is 23.1 Å². The van der Waals surface area contributed by atoms with Gasteiger partial charge in [-0.3, -0.25) is 4.79 Å². The molecule has 2 heterocycles. The molecule has 2 unspecified atom stereocenters. The summed E-state index contributed by atoms with van der Waals surface area (Å²) >= 11 is 0. The molecule has 5 rings (SSSR count). The highest BCUT2D eigenvalue weighted by atomic mass is 16.5. The number of benzene rings is 2. The van der Waals surface area contributed by atoms with Gasteiger partial charge in [0.25, 0.3) is 0 Å². The number of nitrogens with zero attached hydrogens (tertiary/aromatic N) is 2. The van der Waals surface area contributed by atoms with Crippen LogP contribution >= 0.6 is 0 Å². The minimum atomic E-state index is -0.462. The summed E-state index contributed by atoms with van der Waals surface area (Å²) < 4.78 is 11.2. The van der Waals surface area contributed by atoms with Gasteiger partial charge in [0.2, 0.25) is 0 Å². The van der Waals surface area contributed by atoms with E-state index in [1.165, 1.54) is 0 Å². The van der Waals surface area contributed by atoms with Crippen LogP contribution in [0, 0.1) is 0 Å². The predicted octanol–water partition coefficient (Wildman–Crippen LogP) is 4.90. The van der Waals surface area contributed by atoms with E-state index in [2.05, 4.69) is 63.6 Å². The van der Waals surface area contributed by atoms with Crippen LogP contribution in [0.5, 0.6) is 0 Å². The second kappa shape index (κ2) is 11.3. The molecule has 0 spiro atoms. The topological polar surface area (TPSA) is 71.1 Å². The zero-order valence-corrected chi connectivity index (χ0v) is 23.6. The smallest absolute Gasteiger partial charge is 0.337 e. The molecular formula is C32H39N3O4. The van der Waals surface area contributed by atoms with Crippen molar-refractivity contribution in [2.45, 2.75) is 51.6 Å². The lowest BCUT2D eigenvalue weighted by Gasteiger charge is -2.37. The van der Waals surface area contributed by atoms with Crippen LogP contribution in [0.1, 0.15) is 56.6 Å². The third-order valence-corrected chi connectivity index (χ3v) is 7.87. The van der Waals surface area contributed by atoms with Crippen molar-refractivity contribution in [1.82, 2.24) is 5.32 Å². The van der Waals surface area contributed by atoms with Gasteiger partial charge >= 0.3 is 5.97 Å². The summed E-state index contributed by atoms with van der Waals surface area (Å²) in [7, 11) is 4.04. The first-order chi connectivity index (χ1) is 18.7. The summed E-state index contributed by atoms with van der Waals surface area (Å²) in [5.74, 6) is -0.676. The van der Waals surface area contributed by atoms with E-state index in [9.17, 15) is 9.59 Å². The van der Waals surface area contributed by atoms with E-state index in [1.54, 1.807) is 0 Å². The fraction of sp³-hybridized carbons (Fsp3) is 0.438. The Balaban J connectivity index is 1.50. The molecule has 2 atom stereocenters. The third kappa shape index (κ3) is 5.59. The van der Waals surface area contributed by atoms with Crippen LogP contribution < -0.4 is 15.1 Å². The highest BCUT2D eigenvalue weighted by molar-refractivity contribution is 6.04. The Morgan fingerprint density at radius 3 is 2.26 bits per heavy atom. The quantitative estimate of drug-likeness (QED) is 0.534. The molecule has 1 N–H and O–H groups in total. The van der Waals surface area contributed by atoms with Gasteiger partial charge < -0.3 is 24.6 Å². The Morgan fingerprint density at radius 1 is 1.00 bits per heavy atom. The van der Waals surface area contributed by atoms with E-state index in [0.29, 0.717) is 37.2 Å². The zero-order valence-electron chi connectivity index (χ0n) is 23.6. The standard InChI is InChI=1S/C32H39N3O4/c1-20(2)39-32(37)29-21(3)33-27-18-24(22-6-10-25(11-7-22)34(4)5)19-28(36)31(27)30(29)23-8-12-26(13-9-23)35-14-16-38-17-15-35/h6-13,20,24,30,33H,14-19H2,1-5H3. The normalized spacial score (nSPS) is 21.6. The number of nitrogens with one attached hydrogen (secondary N) is 1. The monoisotopic (exact) mass is 529 g/mol. The first-order valence-corrected chi connectivity index (χ1v) is 13.9. The maximum absolute atomic E-state index is 13.9. The molecule has 0 amide bonds. The number of hydrogen-bond acceptors (Lipinski definition) is 7. The first-order valence-electron chi connectivity index (χ1n) is 13.9. The maximum Gasteiger partial charge on any atom is 0.337 e. The van der Waals surface area contributed by atoms with Crippen molar-refractivity contribution in [3.63, 3.8) is 0 Å². The minimum Gasteiger partial charge on any atom is -0.460 e. The molecule has 3 aliphatic rings. The van der Waals surface area contributed by atoms with Gasteiger partial charge in [-0.25, -0.2) is 4.79 Å². The summed E-state index contributed by atoms with van der Waals surface area (Å²) in [4.78, 5) is 31.6. The van der Waals surface area contributed by atoms with Crippen molar-refractivity contribution in [3.05, 3.63) is 82.2 Å². The molecule has 0 aromatic heterocycles. The molecule has 0 saturated carbocycles. The van der Waals surface area contributed by atoms with Gasteiger partial charge in [-0.1, -0.05) is 24.3 Å². The van der Waals surface area contributed by atoms with Gasteiger partial charge in [-0.15, -0.1) is 0 Å². The average molecular weight is 530 g/mol. The summed E-state index contributed by atoms with van der Waals surface area (Å²) in [6, 6.07) is 16.7. The number of ketones is 1. The molecule has 1 saturated heterocycles. The number of carbonyl (C=O) groups is 2. The Morgan fingerprint density at radius 2 is 1.64 bits per heavy atom. The molecule has 2 aliphatic heterocycles. The number of morpholine rings is 1. The molecule has 7 heteroatoms. The maximum atomic E-state index is 13.9. The molecule has 2 aromatic carbocycles. The highest BCUT2D eigenvalue weighted by Gasteiger charge is 2.41. The van der Waals surface area contributed by atoms with E-state index < -0.39 is 5.92 Å². The molecule has 1 fully saturated rings. The number of rotatable bonds is 6. The van der Waals surface area contributed by atoms with E-state index in [-0.39, 0.29) is 23.8 Å². The Bertz CT molecular complexity index is 1290. The summed E-state index contributed by atoms with van der Waals surface area (Å²) in [5, 5.41) is 3.45. The number of dihydropyridines is 1. The number of anilines is 2. The van der Waals surface area contributed by atoms with Gasteiger partial charge in [0.15, 0.2) is 5.78 Å². The molecule has 0 bridgehead atoms. The first kappa shape index (κ1) is 27.0. The lowest BCUT2D eigenvalue weighted by molar-refractivity contribution is -0.143. The van der Waals surface area contributed by atoms with Crippen LogP contribution in [-0.2, 0) is 19.1 Å². The van der Waals surface area contributed by atoms with Gasteiger partial charge in [0.05, 0.1) is 24.9 Å². The lowest BCUT2D eigenvalue weighted by atomic mass is 9.71. The molecule has 39 heavy (non-hydrogen) atoms. The van der Waals surface area contributed by atoms with Crippen molar-refractivity contribution in [1.29, 1.82) is 0 Å². The molecule has 206 valence electrons. The molecular weight excluding hydrogens is 490 g/mol. The highest BCUT2D eigenvalue weighted by Crippen LogP contribution is 2.46. The number of esters is 1. The van der Waals surface area contributed by atoms with Crippen LogP contribution in [-0.4, -0.2) is 58.3 Å². The third-order valence-electron chi connectivity index (χ3n) is 7.87. The number of allylic oxidation sites excluding steroid dienone is 3. The Hall–Kier alpha value is -3.58. The van der Waals surface area contributed by atoms with Crippen molar-refractivity contribution in [2.24, 2.45) is 0 Å².